The van der Waals surface area contributed by atoms with E-state index >= 15 is 0 Å². The summed E-state index contributed by atoms with van der Waals surface area (Å²) in [5.41, 5.74) is 0. The van der Waals surface area contributed by atoms with Crippen LogP contribution in [0.1, 0.15) is 38.5 Å². The number of likely N-dealkylation sites (tertiary alicyclic amines) is 2. The first-order valence-corrected chi connectivity index (χ1v) is 8.63. The van der Waals surface area contributed by atoms with Crippen molar-refractivity contribution in [2.75, 3.05) is 46.3 Å². The molecule has 2 heterocycles. The molecule has 6 heteroatoms. The number of hydrogen-bond donors (Lipinski definition) is 2. The smallest absolute Gasteiger partial charge is 0.321 e. The highest BCUT2D eigenvalue weighted by atomic mass is 16.2. The number of urea groups is 1. The molecule has 2 aliphatic rings. The second kappa shape index (κ2) is 9.10. The van der Waals surface area contributed by atoms with Crippen molar-refractivity contribution in [3.05, 3.63) is 0 Å². The van der Waals surface area contributed by atoms with E-state index in [9.17, 15) is 9.59 Å². The van der Waals surface area contributed by atoms with Crippen LogP contribution in [0.4, 0.5) is 4.79 Å². The minimum Gasteiger partial charge on any atom is -0.341 e. The van der Waals surface area contributed by atoms with Crippen LogP contribution in [-0.4, -0.2) is 68.1 Å². The van der Waals surface area contributed by atoms with E-state index < -0.39 is 6.03 Å². The summed E-state index contributed by atoms with van der Waals surface area (Å²) in [5.74, 6) is 0.439. The number of carbonyl (C=O) groups is 2. The van der Waals surface area contributed by atoms with Gasteiger partial charge in [-0.05, 0) is 51.2 Å². The molecule has 2 saturated heterocycles. The maximum absolute atomic E-state index is 11.8. The van der Waals surface area contributed by atoms with Gasteiger partial charge in [0, 0.05) is 20.1 Å². The number of carbonyl (C=O) groups excluding carboxylic acids is 2. The van der Waals surface area contributed by atoms with E-state index in [0.717, 1.165) is 26.1 Å². The largest absolute Gasteiger partial charge is 0.341 e. The van der Waals surface area contributed by atoms with Gasteiger partial charge in [-0.15, -0.1) is 0 Å². The maximum atomic E-state index is 11.8. The van der Waals surface area contributed by atoms with Crippen LogP contribution in [0.3, 0.4) is 0 Å². The molecule has 0 spiro atoms. The Bertz CT molecular complexity index is 367. The Morgan fingerprint density at radius 3 is 2.36 bits per heavy atom. The van der Waals surface area contributed by atoms with Crippen molar-refractivity contribution >= 4 is 11.9 Å². The first-order chi connectivity index (χ1) is 10.7. The molecule has 0 aromatic carbocycles. The summed E-state index contributed by atoms with van der Waals surface area (Å²) in [4.78, 5) is 27.7. The summed E-state index contributed by atoms with van der Waals surface area (Å²) in [7, 11) is 1.51. The van der Waals surface area contributed by atoms with Crippen molar-refractivity contribution in [3.63, 3.8) is 0 Å². The lowest BCUT2D eigenvalue weighted by Crippen LogP contribution is -2.47. The topological polar surface area (TPSA) is 64.7 Å². The zero-order chi connectivity index (χ0) is 15.8. The molecule has 0 aromatic heterocycles. The molecule has 2 aliphatic heterocycles. The van der Waals surface area contributed by atoms with Gasteiger partial charge in [0.05, 0.1) is 6.54 Å². The van der Waals surface area contributed by atoms with E-state index in [4.69, 9.17) is 0 Å². The van der Waals surface area contributed by atoms with Crippen molar-refractivity contribution in [1.82, 2.24) is 20.4 Å². The Labute approximate surface area is 133 Å². The third-order valence-electron chi connectivity index (χ3n) is 4.67. The molecule has 0 aromatic rings. The number of amides is 3. The number of imide groups is 1. The average molecular weight is 310 g/mol. The Kier molecular flexibility index (Phi) is 7.12. The van der Waals surface area contributed by atoms with Crippen LogP contribution < -0.4 is 10.6 Å². The average Bonchev–Trinajstić information content (AvgIpc) is 2.76. The molecule has 126 valence electrons. The quantitative estimate of drug-likeness (QED) is 0.814. The number of nitrogens with one attached hydrogen (secondary N) is 2. The van der Waals surface area contributed by atoms with E-state index in [0.29, 0.717) is 12.5 Å². The summed E-state index contributed by atoms with van der Waals surface area (Å²) in [5, 5.41) is 4.75. The van der Waals surface area contributed by atoms with Gasteiger partial charge in [-0.1, -0.05) is 12.8 Å². The molecule has 0 bridgehead atoms. The monoisotopic (exact) mass is 310 g/mol. The summed E-state index contributed by atoms with van der Waals surface area (Å²) in [6.07, 6.45) is 7.78. The lowest BCUT2D eigenvalue weighted by molar-refractivity contribution is -0.121. The van der Waals surface area contributed by atoms with Crippen molar-refractivity contribution in [2.24, 2.45) is 5.92 Å². The Hall–Kier alpha value is -1.14. The Morgan fingerprint density at radius 2 is 1.68 bits per heavy atom. The molecule has 0 radical (unpaired) electrons. The second-order valence-electron chi connectivity index (χ2n) is 6.59. The van der Waals surface area contributed by atoms with Crippen molar-refractivity contribution in [1.29, 1.82) is 0 Å². The lowest BCUT2D eigenvalue weighted by Gasteiger charge is -2.35. The van der Waals surface area contributed by atoms with Crippen LogP contribution in [-0.2, 0) is 4.79 Å². The predicted octanol–water partition coefficient (Wildman–Crippen LogP) is 1.03. The van der Waals surface area contributed by atoms with E-state index in [1.807, 2.05) is 0 Å². The molecular weight excluding hydrogens is 280 g/mol. The van der Waals surface area contributed by atoms with Crippen molar-refractivity contribution in [2.45, 2.75) is 38.5 Å². The molecule has 2 fully saturated rings. The first kappa shape index (κ1) is 17.2. The van der Waals surface area contributed by atoms with Crippen LogP contribution in [0.25, 0.3) is 0 Å². The minimum absolute atomic E-state index is 0.213. The summed E-state index contributed by atoms with van der Waals surface area (Å²) in [6, 6.07) is -0.428. The summed E-state index contributed by atoms with van der Waals surface area (Å²) >= 11 is 0. The van der Waals surface area contributed by atoms with E-state index in [-0.39, 0.29) is 5.91 Å². The zero-order valence-corrected chi connectivity index (χ0v) is 13.8. The molecule has 6 nitrogen and oxygen atoms in total. The van der Waals surface area contributed by atoms with Gasteiger partial charge in [0.1, 0.15) is 0 Å². The van der Waals surface area contributed by atoms with Gasteiger partial charge in [0.2, 0.25) is 5.91 Å². The molecule has 2 rings (SSSR count). The van der Waals surface area contributed by atoms with Crippen molar-refractivity contribution in [3.8, 4) is 0 Å². The van der Waals surface area contributed by atoms with E-state index in [2.05, 4.69) is 20.4 Å². The summed E-state index contributed by atoms with van der Waals surface area (Å²) in [6.45, 7) is 5.87. The van der Waals surface area contributed by atoms with Crippen LogP contribution >= 0.6 is 0 Å². The Morgan fingerprint density at radius 1 is 1.00 bits per heavy atom. The number of piperidine rings is 1. The number of hydrogen-bond acceptors (Lipinski definition) is 4. The van der Waals surface area contributed by atoms with Gasteiger partial charge in [-0.25, -0.2) is 4.79 Å². The maximum Gasteiger partial charge on any atom is 0.321 e. The molecule has 0 saturated carbocycles. The summed E-state index contributed by atoms with van der Waals surface area (Å²) < 4.78 is 0. The zero-order valence-electron chi connectivity index (χ0n) is 13.8. The van der Waals surface area contributed by atoms with Gasteiger partial charge in [-0.2, -0.15) is 0 Å². The third kappa shape index (κ3) is 5.93. The normalized spacial score (nSPS) is 24.5. The second-order valence-corrected chi connectivity index (χ2v) is 6.59. The third-order valence-corrected chi connectivity index (χ3v) is 4.67. The molecule has 0 aliphatic carbocycles. The van der Waals surface area contributed by atoms with Gasteiger partial charge in [-0.3, -0.25) is 15.0 Å². The Balaban J connectivity index is 1.73. The SMILES string of the molecule is CNC(=O)NC(=O)CN1CCC[C@@H](CN2CCCCCC2)C1. The highest BCUT2D eigenvalue weighted by Crippen LogP contribution is 2.19. The fourth-order valence-electron chi connectivity index (χ4n) is 3.56. The highest BCUT2D eigenvalue weighted by Gasteiger charge is 2.24. The molecule has 2 N–H and O–H groups in total. The van der Waals surface area contributed by atoms with E-state index in [1.54, 1.807) is 0 Å². The van der Waals surface area contributed by atoms with Gasteiger partial charge < -0.3 is 10.2 Å². The van der Waals surface area contributed by atoms with Crippen LogP contribution in [0.5, 0.6) is 0 Å². The minimum atomic E-state index is -0.428. The van der Waals surface area contributed by atoms with Crippen LogP contribution in [0, 0.1) is 5.92 Å². The lowest BCUT2D eigenvalue weighted by atomic mass is 9.97. The molecule has 0 unspecified atom stereocenters. The van der Waals surface area contributed by atoms with Crippen molar-refractivity contribution < 1.29 is 9.59 Å². The van der Waals surface area contributed by atoms with Crippen LogP contribution in [0.2, 0.25) is 0 Å². The number of rotatable bonds is 4. The van der Waals surface area contributed by atoms with Gasteiger partial charge in [0.25, 0.3) is 0 Å². The molecule has 22 heavy (non-hydrogen) atoms. The van der Waals surface area contributed by atoms with Crippen LogP contribution in [0.15, 0.2) is 0 Å². The predicted molar refractivity (Wildman–Crippen MR) is 86.7 cm³/mol. The molecule has 3 amide bonds. The molecular formula is C16H30N4O2. The van der Waals surface area contributed by atoms with Gasteiger partial charge in [0.15, 0.2) is 0 Å². The number of nitrogens with zero attached hydrogens (tertiary/aromatic N) is 2. The standard InChI is InChI=1S/C16H30N4O2/c1-17-16(22)18-15(21)13-20-10-6-7-14(12-20)11-19-8-4-2-3-5-9-19/h14H,2-13H2,1H3,(H2,17,18,21,22)/t14-/m0/s1. The molecule has 1 atom stereocenters. The fourth-order valence-corrected chi connectivity index (χ4v) is 3.56. The van der Waals surface area contributed by atoms with E-state index in [1.165, 1.54) is 52.2 Å². The fraction of sp³-hybridized carbons (Fsp3) is 0.875. The van der Waals surface area contributed by atoms with Gasteiger partial charge >= 0.3 is 6.03 Å². The highest BCUT2D eigenvalue weighted by molar-refractivity contribution is 5.95. The first-order valence-electron chi connectivity index (χ1n) is 8.63.